The first-order valence-corrected chi connectivity index (χ1v) is 7.90. The minimum atomic E-state index is 0.620. The van der Waals surface area contributed by atoms with E-state index in [1.54, 1.807) is 12.5 Å². The SMILES string of the molecule is C=C(C)CN=C(NCCCn1cccn1)NCCc1ccco1. The van der Waals surface area contributed by atoms with Crippen LogP contribution in [-0.4, -0.2) is 35.4 Å². The zero-order valence-corrected chi connectivity index (χ0v) is 13.7. The standard InChI is InChI=1S/C17H25N5O/c1-15(2)14-20-17(19-10-7-16-6-3-13-23-16)18-8-4-11-22-12-5-9-21-22/h3,5-6,9,12-13H,1,4,7-8,10-11,14H2,2H3,(H2,18,19,20). The second kappa shape index (κ2) is 9.50. The Morgan fingerprint density at radius 2 is 2.22 bits per heavy atom. The fourth-order valence-electron chi connectivity index (χ4n) is 2.03. The van der Waals surface area contributed by atoms with Crippen LogP contribution in [0.1, 0.15) is 19.1 Å². The molecule has 2 N–H and O–H groups in total. The Morgan fingerprint density at radius 3 is 2.91 bits per heavy atom. The Balaban J connectivity index is 1.71. The molecule has 0 saturated carbocycles. The molecule has 0 saturated heterocycles. The predicted molar refractivity (Wildman–Crippen MR) is 92.4 cm³/mol. The third kappa shape index (κ3) is 6.86. The number of aromatic nitrogens is 2. The molecule has 2 heterocycles. The molecule has 0 bridgehead atoms. The van der Waals surface area contributed by atoms with Gasteiger partial charge in [0.05, 0.1) is 12.8 Å². The van der Waals surface area contributed by atoms with E-state index in [1.165, 1.54) is 0 Å². The van der Waals surface area contributed by atoms with E-state index >= 15 is 0 Å². The number of nitrogens with zero attached hydrogens (tertiary/aromatic N) is 3. The minimum Gasteiger partial charge on any atom is -0.469 e. The summed E-state index contributed by atoms with van der Waals surface area (Å²) in [4.78, 5) is 4.52. The van der Waals surface area contributed by atoms with Gasteiger partial charge in [0, 0.05) is 38.4 Å². The van der Waals surface area contributed by atoms with Crippen LogP contribution in [0.15, 0.2) is 58.4 Å². The van der Waals surface area contributed by atoms with Gasteiger partial charge in [-0.2, -0.15) is 5.10 Å². The zero-order chi connectivity index (χ0) is 16.3. The second-order valence-electron chi connectivity index (χ2n) is 5.43. The summed E-state index contributed by atoms with van der Waals surface area (Å²) < 4.78 is 7.26. The summed E-state index contributed by atoms with van der Waals surface area (Å²) in [5.41, 5.74) is 1.04. The van der Waals surface area contributed by atoms with Gasteiger partial charge in [-0.15, -0.1) is 0 Å². The molecule has 23 heavy (non-hydrogen) atoms. The lowest BCUT2D eigenvalue weighted by molar-refractivity contribution is 0.506. The average Bonchev–Trinajstić information content (AvgIpc) is 3.21. The molecule has 0 fully saturated rings. The molecule has 0 unspecified atom stereocenters. The molecule has 0 amide bonds. The predicted octanol–water partition coefficient (Wildman–Crippen LogP) is 2.22. The van der Waals surface area contributed by atoms with Crippen LogP contribution < -0.4 is 10.6 Å². The molecule has 0 aliphatic rings. The van der Waals surface area contributed by atoms with Crippen LogP contribution in [0.2, 0.25) is 0 Å². The Bertz CT molecular complexity index is 587. The van der Waals surface area contributed by atoms with Crippen molar-refractivity contribution in [2.75, 3.05) is 19.6 Å². The number of furan rings is 1. The molecule has 2 aromatic rings. The molecule has 0 atom stereocenters. The number of rotatable bonds is 9. The van der Waals surface area contributed by atoms with Crippen molar-refractivity contribution >= 4 is 5.96 Å². The van der Waals surface area contributed by atoms with Crippen molar-refractivity contribution in [3.8, 4) is 0 Å². The summed E-state index contributed by atoms with van der Waals surface area (Å²) in [6.45, 7) is 8.98. The van der Waals surface area contributed by atoms with Crippen LogP contribution in [0.3, 0.4) is 0 Å². The van der Waals surface area contributed by atoms with Crippen LogP contribution in [0.4, 0.5) is 0 Å². The smallest absolute Gasteiger partial charge is 0.191 e. The number of aryl methyl sites for hydroxylation is 1. The quantitative estimate of drug-likeness (QED) is 0.322. The molecule has 6 heteroatoms. The summed E-state index contributed by atoms with van der Waals surface area (Å²) in [6.07, 6.45) is 7.27. The summed E-state index contributed by atoms with van der Waals surface area (Å²) in [7, 11) is 0. The molecule has 2 rings (SSSR count). The number of hydrogen-bond donors (Lipinski definition) is 2. The average molecular weight is 315 g/mol. The van der Waals surface area contributed by atoms with E-state index < -0.39 is 0 Å². The molecular weight excluding hydrogens is 290 g/mol. The molecule has 0 aromatic carbocycles. The highest BCUT2D eigenvalue weighted by Crippen LogP contribution is 1.99. The maximum Gasteiger partial charge on any atom is 0.191 e. The molecule has 6 nitrogen and oxygen atoms in total. The van der Waals surface area contributed by atoms with Gasteiger partial charge in [0.15, 0.2) is 5.96 Å². The maximum atomic E-state index is 5.33. The van der Waals surface area contributed by atoms with E-state index in [0.29, 0.717) is 6.54 Å². The fourth-order valence-corrected chi connectivity index (χ4v) is 2.03. The number of guanidine groups is 1. The highest BCUT2D eigenvalue weighted by Gasteiger charge is 2.00. The minimum absolute atomic E-state index is 0.620. The molecule has 2 aromatic heterocycles. The van der Waals surface area contributed by atoms with Gasteiger partial charge in [-0.05, 0) is 31.5 Å². The van der Waals surface area contributed by atoms with Gasteiger partial charge in [-0.25, -0.2) is 4.99 Å². The lowest BCUT2D eigenvalue weighted by atomic mass is 10.3. The first kappa shape index (κ1) is 16.9. The molecular formula is C17H25N5O. The highest BCUT2D eigenvalue weighted by atomic mass is 16.3. The van der Waals surface area contributed by atoms with Crippen molar-refractivity contribution in [2.45, 2.75) is 26.3 Å². The Hall–Kier alpha value is -2.50. The number of aliphatic imine (C=N–C) groups is 1. The lowest BCUT2D eigenvalue weighted by Crippen LogP contribution is -2.39. The van der Waals surface area contributed by atoms with E-state index in [1.807, 2.05) is 36.0 Å². The number of nitrogens with one attached hydrogen (secondary N) is 2. The largest absolute Gasteiger partial charge is 0.469 e. The molecule has 124 valence electrons. The van der Waals surface area contributed by atoms with Crippen molar-refractivity contribution in [1.29, 1.82) is 0 Å². The third-order valence-electron chi connectivity index (χ3n) is 3.17. The van der Waals surface area contributed by atoms with Crippen LogP contribution in [0.5, 0.6) is 0 Å². The Kier molecular flexibility index (Phi) is 6.97. The second-order valence-corrected chi connectivity index (χ2v) is 5.43. The van der Waals surface area contributed by atoms with Crippen LogP contribution >= 0.6 is 0 Å². The van der Waals surface area contributed by atoms with E-state index in [9.17, 15) is 0 Å². The van der Waals surface area contributed by atoms with Gasteiger partial charge in [-0.3, -0.25) is 4.68 Å². The van der Waals surface area contributed by atoms with E-state index in [0.717, 1.165) is 49.8 Å². The van der Waals surface area contributed by atoms with Crippen molar-refractivity contribution < 1.29 is 4.42 Å². The van der Waals surface area contributed by atoms with Crippen LogP contribution in [0.25, 0.3) is 0 Å². The Labute approximate surface area is 137 Å². The van der Waals surface area contributed by atoms with Gasteiger partial charge >= 0.3 is 0 Å². The first-order chi connectivity index (χ1) is 11.2. The van der Waals surface area contributed by atoms with Gasteiger partial charge in [0.1, 0.15) is 5.76 Å². The highest BCUT2D eigenvalue weighted by molar-refractivity contribution is 5.79. The number of hydrogen-bond acceptors (Lipinski definition) is 3. The van der Waals surface area contributed by atoms with Gasteiger partial charge in [0.25, 0.3) is 0 Å². The normalized spacial score (nSPS) is 11.4. The van der Waals surface area contributed by atoms with E-state index in [2.05, 4.69) is 27.3 Å². The molecule has 0 radical (unpaired) electrons. The molecule has 0 aliphatic heterocycles. The van der Waals surface area contributed by atoms with Gasteiger partial charge < -0.3 is 15.1 Å². The van der Waals surface area contributed by atoms with Crippen molar-refractivity contribution in [1.82, 2.24) is 20.4 Å². The maximum absolute atomic E-state index is 5.33. The van der Waals surface area contributed by atoms with Crippen LogP contribution in [0, 0.1) is 0 Å². The van der Waals surface area contributed by atoms with Crippen molar-refractivity contribution in [3.05, 3.63) is 54.8 Å². The van der Waals surface area contributed by atoms with Gasteiger partial charge in [-0.1, -0.05) is 12.2 Å². The third-order valence-corrected chi connectivity index (χ3v) is 3.17. The van der Waals surface area contributed by atoms with E-state index in [-0.39, 0.29) is 0 Å². The summed E-state index contributed by atoms with van der Waals surface area (Å²) in [5, 5.41) is 10.9. The first-order valence-electron chi connectivity index (χ1n) is 7.90. The van der Waals surface area contributed by atoms with Crippen LogP contribution in [-0.2, 0) is 13.0 Å². The summed E-state index contributed by atoms with van der Waals surface area (Å²) in [5.74, 6) is 1.77. The molecule has 0 aliphatic carbocycles. The fraction of sp³-hybridized carbons (Fsp3) is 0.412. The Morgan fingerprint density at radius 1 is 1.35 bits per heavy atom. The zero-order valence-electron chi connectivity index (χ0n) is 13.7. The summed E-state index contributed by atoms with van der Waals surface area (Å²) in [6, 6.07) is 5.81. The topological polar surface area (TPSA) is 67.4 Å². The monoisotopic (exact) mass is 315 g/mol. The van der Waals surface area contributed by atoms with E-state index in [4.69, 9.17) is 4.42 Å². The van der Waals surface area contributed by atoms with Crippen molar-refractivity contribution in [2.24, 2.45) is 4.99 Å². The van der Waals surface area contributed by atoms with Crippen molar-refractivity contribution in [3.63, 3.8) is 0 Å². The molecule has 0 spiro atoms. The summed E-state index contributed by atoms with van der Waals surface area (Å²) >= 11 is 0. The lowest BCUT2D eigenvalue weighted by Gasteiger charge is -2.12. The van der Waals surface area contributed by atoms with Gasteiger partial charge in [0.2, 0.25) is 0 Å².